The van der Waals surface area contributed by atoms with Crippen LogP contribution in [0.5, 0.6) is 0 Å². The van der Waals surface area contributed by atoms with E-state index in [1.165, 1.54) is 17.0 Å². The van der Waals surface area contributed by atoms with Crippen molar-refractivity contribution >= 4 is 23.4 Å². The fraction of sp³-hybridized carbons (Fsp3) is 0.400. The number of aliphatic hydroxyl groups excluding tert-OH is 1. The summed E-state index contributed by atoms with van der Waals surface area (Å²) in [7, 11) is 0. The van der Waals surface area contributed by atoms with Crippen molar-refractivity contribution in [2.45, 2.75) is 51.7 Å². The number of aromatic nitrogens is 2. The number of carbonyl (C=O) groups is 2. The zero-order valence-corrected chi connectivity index (χ0v) is 23.2. The van der Waals surface area contributed by atoms with Crippen LogP contribution < -0.4 is 5.32 Å². The van der Waals surface area contributed by atoms with Crippen LogP contribution in [0.4, 0.5) is 4.39 Å². The van der Waals surface area contributed by atoms with E-state index >= 15 is 0 Å². The summed E-state index contributed by atoms with van der Waals surface area (Å²) in [6.45, 7) is 4.72. The number of benzene rings is 2. The van der Waals surface area contributed by atoms with Gasteiger partial charge in [0.15, 0.2) is 0 Å². The van der Waals surface area contributed by atoms with Gasteiger partial charge in [0.25, 0.3) is 5.91 Å². The van der Waals surface area contributed by atoms with Gasteiger partial charge in [-0.05, 0) is 67.5 Å². The number of amides is 2. The largest absolute Gasteiger partial charge is 0.394 e. The third kappa shape index (κ3) is 6.01. The van der Waals surface area contributed by atoms with Gasteiger partial charge in [-0.2, -0.15) is 0 Å². The van der Waals surface area contributed by atoms with Crippen LogP contribution >= 0.6 is 11.6 Å². The van der Waals surface area contributed by atoms with Crippen LogP contribution in [-0.4, -0.2) is 57.7 Å². The van der Waals surface area contributed by atoms with E-state index in [9.17, 15) is 19.1 Å². The quantitative estimate of drug-likeness (QED) is 0.419. The number of carbonyl (C=O) groups excluding carboxylic acids is 2. The summed E-state index contributed by atoms with van der Waals surface area (Å²) in [5.41, 5.74) is 3.68. The second-order valence-electron chi connectivity index (χ2n) is 10.5. The van der Waals surface area contributed by atoms with Crippen LogP contribution in [0.15, 0.2) is 42.6 Å². The number of ether oxygens (including phenoxy) is 1. The van der Waals surface area contributed by atoms with Crippen LogP contribution in [0.1, 0.15) is 58.7 Å². The summed E-state index contributed by atoms with van der Waals surface area (Å²) in [6, 6.07) is 8.24. The minimum atomic E-state index is -0.819. The molecule has 1 saturated heterocycles. The van der Waals surface area contributed by atoms with Gasteiger partial charge in [0, 0.05) is 43.5 Å². The smallest absolute Gasteiger partial charge is 0.255 e. The highest BCUT2D eigenvalue weighted by molar-refractivity contribution is 6.32. The maximum Gasteiger partial charge on any atom is 0.255 e. The maximum atomic E-state index is 13.9. The molecule has 2 aromatic carbocycles. The molecule has 8 nitrogen and oxygen atoms in total. The summed E-state index contributed by atoms with van der Waals surface area (Å²) in [5.74, 6) is -0.0117. The Kier molecular flexibility index (Phi) is 8.44. The number of aliphatic hydroxyl groups is 1. The van der Waals surface area contributed by atoms with Gasteiger partial charge in [0.05, 0.1) is 23.4 Å². The van der Waals surface area contributed by atoms with E-state index in [-0.39, 0.29) is 12.5 Å². The molecule has 2 atom stereocenters. The second-order valence-corrected chi connectivity index (χ2v) is 10.9. The summed E-state index contributed by atoms with van der Waals surface area (Å²) < 4.78 is 19.4. The first-order chi connectivity index (χ1) is 19.2. The van der Waals surface area contributed by atoms with Crippen molar-refractivity contribution in [1.82, 2.24) is 20.2 Å². The van der Waals surface area contributed by atoms with Crippen molar-refractivity contribution < 1.29 is 23.8 Å². The highest BCUT2D eigenvalue weighted by atomic mass is 35.5. The Morgan fingerprint density at radius 1 is 1.25 bits per heavy atom. The van der Waals surface area contributed by atoms with E-state index in [4.69, 9.17) is 21.3 Å². The number of hydrogen-bond acceptors (Lipinski definition) is 6. The lowest BCUT2D eigenvalue weighted by molar-refractivity contribution is -0.126. The Morgan fingerprint density at radius 3 is 2.75 bits per heavy atom. The van der Waals surface area contributed by atoms with Gasteiger partial charge in [-0.25, -0.2) is 14.4 Å². The SMILES string of the molecule is Cc1cc(F)cc([C@@H](CO)NC(=O)[C@@H](C)N2Cc3ccc(-c4nc(CC5CCOCC5)ncc4Cl)cc3C2=O)c1. The molecule has 1 fully saturated rings. The summed E-state index contributed by atoms with van der Waals surface area (Å²) in [5, 5.41) is 13.0. The van der Waals surface area contributed by atoms with Crippen molar-refractivity contribution in [3.63, 3.8) is 0 Å². The van der Waals surface area contributed by atoms with Gasteiger partial charge in [-0.15, -0.1) is 0 Å². The molecule has 2 aliphatic rings. The van der Waals surface area contributed by atoms with E-state index in [2.05, 4.69) is 10.3 Å². The Morgan fingerprint density at radius 2 is 2.02 bits per heavy atom. The first-order valence-electron chi connectivity index (χ1n) is 13.4. The summed E-state index contributed by atoms with van der Waals surface area (Å²) >= 11 is 6.48. The average Bonchev–Trinajstić information content (AvgIpc) is 3.27. The first kappa shape index (κ1) is 28.1. The molecule has 40 heavy (non-hydrogen) atoms. The summed E-state index contributed by atoms with van der Waals surface area (Å²) in [6.07, 6.45) is 4.28. The van der Waals surface area contributed by atoms with Crippen molar-refractivity contribution in [2.24, 2.45) is 5.92 Å². The fourth-order valence-corrected chi connectivity index (χ4v) is 5.53. The van der Waals surface area contributed by atoms with Gasteiger partial charge in [0.1, 0.15) is 17.7 Å². The average molecular weight is 567 g/mol. The zero-order valence-electron chi connectivity index (χ0n) is 22.5. The lowest BCUT2D eigenvalue weighted by Crippen LogP contribution is -2.46. The number of nitrogens with one attached hydrogen (secondary N) is 1. The Bertz CT molecular complexity index is 1410. The van der Waals surface area contributed by atoms with Crippen molar-refractivity contribution in [3.8, 4) is 11.3 Å². The van der Waals surface area contributed by atoms with Crippen LogP contribution in [0, 0.1) is 18.7 Å². The molecule has 1 aromatic heterocycles. The fourth-order valence-electron chi connectivity index (χ4n) is 5.33. The van der Waals surface area contributed by atoms with Crippen molar-refractivity contribution in [2.75, 3.05) is 19.8 Å². The third-order valence-corrected chi connectivity index (χ3v) is 7.91. The third-order valence-electron chi connectivity index (χ3n) is 7.63. The number of halogens is 2. The molecule has 210 valence electrons. The first-order valence-corrected chi connectivity index (χ1v) is 13.8. The van der Waals surface area contributed by atoms with Gasteiger partial charge in [-0.1, -0.05) is 29.8 Å². The van der Waals surface area contributed by atoms with E-state index in [0.717, 1.165) is 38.0 Å². The number of fused-ring (bicyclic) bond motifs is 1. The lowest BCUT2D eigenvalue weighted by atomic mass is 9.96. The monoisotopic (exact) mass is 566 g/mol. The van der Waals surface area contributed by atoms with E-state index < -0.39 is 30.4 Å². The highest BCUT2D eigenvalue weighted by Crippen LogP contribution is 2.32. The molecule has 0 bridgehead atoms. The molecule has 2 N–H and O–H groups in total. The molecule has 0 saturated carbocycles. The van der Waals surface area contributed by atoms with Gasteiger partial charge in [0.2, 0.25) is 5.91 Å². The normalized spacial score (nSPS) is 17.0. The van der Waals surface area contributed by atoms with Crippen LogP contribution in [0.2, 0.25) is 5.02 Å². The molecule has 0 spiro atoms. The Labute approximate surface area is 237 Å². The molecule has 0 aliphatic carbocycles. The maximum absolute atomic E-state index is 13.9. The number of rotatable bonds is 8. The molecule has 2 amide bonds. The standard InChI is InChI=1S/C30H32ClFN4O4/c1-17-9-22(12-23(32)10-17)26(16-37)34-29(38)18(2)36-15-21-4-3-20(13-24(21)30(36)39)28-25(31)14-33-27(35-28)11-19-5-7-40-8-6-19/h3-4,9-10,12-14,18-19,26,37H,5-8,11,15-16H2,1-2H3,(H,34,38)/t18-,26-/m1/s1. The molecule has 10 heteroatoms. The highest BCUT2D eigenvalue weighted by Gasteiger charge is 2.35. The zero-order chi connectivity index (χ0) is 28.4. The minimum Gasteiger partial charge on any atom is -0.394 e. The second kappa shape index (κ2) is 12.0. The van der Waals surface area contributed by atoms with Crippen LogP contribution in [0.3, 0.4) is 0 Å². The number of aryl methyl sites for hydroxylation is 1. The van der Waals surface area contributed by atoms with Gasteiger partial charge < -0.3 is 20.1 Å². The predicted octanol–water partition coefficient (Wildman–Crippen LogP) is 4.41. The molecular weight excluding hydrogens is 535 g/mol. The molecule has 0 radical (unpaired) electrons. The lowest BCUT2D eigenvalue weighted by Gasteiger charge is -2.26. The summed E-state index contributed by atoms with van der Waals surface area (Å²) in [4.78, 5) is 37.2. The van der Waals surface area contributed by atoms with E-state index in [0.29, 0.717) is 44.7 Å². The van der Waals surface area contributed by atoms with Crippen molar-refractivity contribution in [3.05, 3.63) is 81.5 Å². The number of hydrogen-bond donors (Lipinski definition) is 2. The minimum absolute atomic E-state index is 0.262. The van der Waals surface area contributed by atoms with Crippen molar-refractivity contribution in [1.29, 1.82) is 0 Å². The molecule has 0 unspecified atom stereocenters. The molecule has 3 aromatic rings. The number of nitrogens with zero attached hydrogens (tertiary/aromatic N) is 3. The van der Waals surface area contributed by atoms with Crippen LogP contribution in [0.25, 0.3) is 11.3 Å². The van der Waals surface area contributed by atoms with Gasteiger partial charge in [-0.3, -0.25) is 9.59 Å². The Balaban J connectivity index is 1.31. The topological polar surface area (TPSA) is 105 Å². The molecular formula is C30H32ClFN4O4. The van der Waals surface area contributed by atoms with Crippen LogP contribution in [-0.2, 0) is 22.5 Å². The molecule has 5 rings (SSSR count). The Hall–Kier alpha value is -3.40. The molecule has 3 heterocycles. The molecule has 2 aliphatic heterocycles. The van der Waals surface area contributed by atoms with Gasteiger partial charge >= 0.3 is 0 Å². The van der Waals surface area contributed by atoms with E-state index in [1.54, 1.807) is 32.2 Å². The van der Waals surface area contributed by atoms with E-state index in [1.807, 2.05) is 12.1 Å². The predicted molar refractivity (Wildman–Crippen MR) is 148 cm³/mol.